The van der Waals surface area contributed by atoms with Gasteiger partial charge in [-0.3, -0.25) is 4.98 Å². The molecule has 0 N–H and O–H groups in total. The average molecular weight is 780 g/mol. The molecule has 10 aromatic rings. The second kappa shape index (κ2) is 14.8. The van der Waals surface area contributed by atoms with Gasteiger partial charge in [-0.2, -0.15) is 0 Å². The highest BCUT2D eigenvalue weighted by Gasteiger charge is 2.36. The van der Waals surface area contributed by atoms with Crippen molar-refractivity contribution in [3.63, 3.8) is 0 Å². The molecule has 0 radical (unpaired) electrons. The van der Waals surface area contributed by atoms with E-state index >= 15 is 0 Å². The van der Waals surface area contributed by atoms with Gasteiger partial charge in [-0.25, -0.2) is 9.97 Å². The summed E-state index contributed by atoms with van der Waals surface area (Å²) in [7, 11) is 0. The highest BCUT2D eigenvalue weighted by atomic mass is 14.9. The summed E-state index contributed by atoms with van der Waals surface area (Å²) in [4.78, 5) is 14.5. The van der Waals surface area contributed by atoms with Crippen molar-refractivity contribution in [1.82, 2.24) is 15.0 Å². The third-order valence-corrected chi connectivity index (χ3v) is 12.4. The maximum atomic E-state index is 5.14. The van der Waals surface area contributed by atoms with E-state index in [4.69, 9.17) is 9.97 Å². The molecule has 0 atom stereocenters. The smallest absolute Gasteiger partial charge is 0.160 e. The van der Waals surface area contributed by atoms with Crippen LogP contribution in [-0.2, 0) is 5.41 Å². The molecule has 2 aromatic heterocycles. The van der Waals surface area contributed by atoms with Crippen LogP contribution in [0.5, 0.6) is 0 Å². The van der Waals surface area contributed by atoms with Crippen molar-refractivity contribution in [2.75, 3.05) is 0 Å². The molecule has 0 unspecified atom stereocenters. The molecule has 61 heavy (non-hydrogen) atoms. The second-order valence-corrected chi connectivity index (χ2v) is 16.5. The lowest BCUT2D eigenvalue weighted by molar-refractivity contribution is 0.661. The molecule has 0 spiro atoms. The highest BCUT2D eigenvalue weighted by molar-refractivity contribution is 6.03. The molecule has 3 heteroatoms. The van der Waals surface area contributed by atoms with Gasteiger partial charge in [0.25, 0.3) is 0 Å². The second-order valence-electron chi connectivity index (χ2n) is 16.5. The average Bonchev–Trinajstić information content (AvgIpc) is 3.57. The number of pyridine rings is 1. The fourth-order valence-corrected chi connectivity index (χ4v) is 9.13. The first-order chi connectivity index (χ1) is 30.0. The van der Waals surface area contributed by atoms with E-state index in [1.54, 1.807) is 6.20 Å². The van der Waals surface area contributed by atoms with Crippen LogP contribution in [0.4, 0.5) is 0 Å². The van der Waals surface area contributed by atoms with Crippen molar-refractivity contribution in [2.24, 2.45) is 0 Å². The zero-order valence-corrected chi connectivity index (χ0v) is 34.0. The maximum absolute atomic E-state index is 5.14. The quantitative estimate of drug-likeness (QED) is 0.162. The van der Waals surface area contributed by atoms with Gasteiger partial charge in [-0.05, 0) is 114 Å². The molecule has 0 aliphatic heterocycles. The molecule has 2 heterocycles. The zero-order valence-electron chi connectivity index (χ0n) is 34.0. The lowest BCUT2D eigenvalue weighted by Crippen LogP contribution is -2.15. The predicted molar refractivity (Wildman–Crippen MR) is 253 cm³/mol. The van der Waals surface area contributed by atoms with Gasteiger partial charge in [-0.15, -0.1) is 0 Å². The largest absolute Gasteiger partial charge is 0.264 e. The first kappa shape index (κ1) is 36.3. The van der Waals surface area contributed by atoms with Crippen LogP contribution in [0.2, 0.25) is 0 Å². The van der Waals surface area contributed by atoms with Crippen LogP contribution in [0.1, 0.15) is 25.0 Å². The number of hydrogen-bond acceptors (Lipinski definition) is 3. The third-order valence-electron chi connectivity index (χ3n) is 12.4. The summed E-state index contributed by atoms with van der Waals surface area (Å²) in [6.45, 7) is 4.73. The minimum Gasteiger partial charge on any atom is -0.264 e. The van der Waals surface area contributed by atoms with Gasteiger partial charge in [0.15, 0.2) is 5.82 Å². The number of rotatable bonds is 7. The monoisotopic (exact) mass is 779 g/mol. The Labute approximate surface area is 356 Å². The van der Waals surface area contributed by atoms with Crippen molar-refractivity contribution in [1.29, 1.82) is 0 Å². The fraction of sp³-hybridized carbons (Fsp3) is 0.0517. The van der Waals surface area contributed by atoms with Gasteiger partial charge >= 0.3 is 0 Å². The summed E-state index contributed by atoms with van der Waals surface area (Å²) in [5, 5.41) is 2.62. The molecule has 1 aliphatic carbocycles. The number of hydrogen-bond donors (Lipinski definition) is 0. The Bertz CT molecular complexity index is 3260. The molecule has 8 aromatic carbocycles. The Balaban J connectivity index is 0.923. The first-order valence-corrected chi connectivity index (χ1v) is 20.9. The molecule has 3 nitrogen and oxygen atoms in total. The minimum absolute atomic E-state index is 0.0894. The summed E-state index contributed by atoms with van der Waals surface area (Å²) in [6.07, 6.45) is 3.69. The molecule has 0 amide bonds. The SMILES string of the molecule is CC1(C)c2cc(-c3cccc(-c4cccc(-c5cccc(-c6cc(-c7ccc(-c8cccnc8)cc7)nc(-c7ccccc7)n6)c5)c4)c3)ccc2-c2c1ccc1ccccc21. The molecule has 0 bridgehead atoms. The van der Waals surface area contributed by atoms with Crippen LogP contribution in [-0.4, -0.2) is 15.0 Å². The van der Waals surface area contributed by atoms with E-state index in [1.807, 2.05) is 30.5 Å². The summed E-state index contributed by atoms with van der Waals surface area (Å²) >= 11 is 0. The van der Waals surface area contributed by atoms with Crippen molar-refractivity contribution < 1.29 is 0 Å². The van der Waals surface area contributed by atoms with Gasteiger partial charge in [-0.1, -0.05) is 178 Å². The van der Waals surface area contributed by atoms with E-state index < -0.39 is 0 Å². The number of nitrogens with zero attached hydrogens (tertiary/aromatic N) is 3. The Morgan fingerprint density at radius 1 is 0.361 bits per heavy atom. The van der Waals surface area contributed by atoms with E-state index in [0.29, 0.717) is 5.82 Å². The zero-order chi connectivity index (χ0) is 40.9. The Kier molecular flexibility index (Phi) is 8.82. The van der Waals surface area contributed by atoms with E-state index in [1.165, 1.54) is 55.3 Å². The molecule has 1 aliphatic rings. The molecule has 0 saturated carbocycles. The molecule has 11 rings (SSSR count). The molecular weight excluding hydrogens is 739 g/mol. The van der Waals surface area contributed by atoms with Crippen LogP contribution < -0.4 is 0 Å². The summed E-state index contributed by atoms with van der Waals surface area (Å²) < 4.78 is 0. The van der Waals surface area contributed by atoms with Gasteiger partial charge < -0.3 is 0 Å². The summed E-state index contributed by atoms with van der Waals surface area (Å²) in [5.41, 5.74) is 19.5. The van der Waals surface area contributed by atoms with Crippen LogP contribution in [0, 0.1) is 0 Å². The number of benzene rings is 8. The summed E-state index contributed by atoms with van der Waals surface area (Å²) in [5.74, 6) is 0.696. The minimum atomic E-state index is -0.0894. The lowest BCUT2D eigenvalue weighted by atomic mass is 9.81. The Morgan fingerprint density at radius 2 is 0.902 bits per heavy atom. The first-order valence-electron chi connectivity index (χ1n) is 20.9. The predicted octanol–water partition coefficient (Wildman–Crippen LogP) is 15.0. The van der Waals surface area contributed by atoms with Crippen molar-refractivity contribution in [3.05, 3.63) is 224 Å². The fourth-order valence-electron chi connectivity index (χ4n) is 9.13. The van der Waals surface area contributed by atoms with Gasteiger partial charge in [0.05, 0.1) is 11.4 Å². The van der Waals surface area contributed by atoms with Crippen LogP contribution >= 0.6 is 0 Å². The normalized spacial score (nSPS) is 12.6. The van der Waals surface area contributed by atoms with Gasteiger partial charge in [0, 0.05) is 34.5 Å². The summed E-state index contributed by atoms with van der Waals surface area (Å²) in [6, 6.07) is 71.8. The van der Waals surface area contributed by atoms with Gasteiger partial charge in [0.2, 0.25) is 0 Å². The Morgan fingerprint density at radius 3 is 1.57 bits per heavy atom. The maximum Gasteiger partial charge on any atom is 0.160 e. The van der Waals surface area contributed by atoms with E-state index in [-0.39, 0.29) is 5.41 Å². The molecule has 0 saturated heterocycles. The van der Waals surface area contributed by atoms with E-state index in [9.17, 15) is 0 Å². The topological polar surface area (TPSA) is 38.7 Å². The highest BCUT2D eigenvalue weighted by Crippen LogP contribution is 2.52. The Hall–Kier alpha value is -7.75. The van der Waals surface area contributed by atoms with Crippen LogP contribution in [0.15, 0.2) is 213 Å². The standard InChI is InChI=1S/C58H41N3/c1-58(2)52-30-28-39-12-6-7-22-50(39)56(52)51-29-27-47(35-53(51)58)45-18-9-16-43(33-45)42-15-8-17-44(32-42)46-19-10-20-48(34-46)55-36-54(60-57(61-55)41-13-4-3-5-14-41)40-25-23-38(24-26-40)49-21-11-31-59-37-49/h3-37H,1-2H3. The molecular formula is C58H41N3. The number of fused-ring (bicyclic) bond motifs is 5. The van der Waals surface area contributed by atoms with E-state index in [2.05, 4.69) is 195 Å². The molecule has 0 fully saturated rings. The lowest BCUT2D eigenvalue weighted by Gasteiger charge is -2.22. The molecule has 288 valence electrons. The van der Waals surface area contributed by atoms with Crippen molar-refractivity contribution in [3.8, 4) is 89.5 Å². The van der Waals surface area contributed by atoms with Crippen molar-refractivity contribution in [2.45, 2.75) is 19.3 Å². The van der Waals surface area contributed by atoms with Crippen molar-refractivity contribution >= 4 is 10.8 Å². The third kappa shape index (κ3) is 6.61. The number of aromatic nitrogens is 3. The van der Waals surface area contributed by atoms with Gasteiger partial charge in [0.1, 0.15) is 0 Å². The van der Waals surface area contributed by atoms with Crippen LogP contribution in [0.3, 0.4) is 0 Å². The van der Waals surface area contributed by atoms with Crippen LogP contribution in [0.25, 0.3) is 100 Å². The van der Waals surface area contributed by atoms with E-state index in [0.717, 1.165) is 50.3 Å².